The van der Waals surface area contributed by atoms with Gasteiger partial charge in [-0.05, 0) is 42.0 Å². The maximum Gasteiger partial charge on any atom is 0.185 e. The lowest BCUT2D eigenvalue weighted by molar-refractivity contribution is 0.104. The van der Waals surface area contributed by atoms with Crippen LogP contribution in [0.3, 0.4) is 0 Å². The molecule has 4 heteroatoms. The smallest absolute Gasteiger partial charge is 0.185 e. The molecule has 0 atom stereocenters. The predicted molar refractivity (Wildman–Crippen MR) is 79.7 cm³/mol. The Morgan fingerprint density at radius 1 is 1.14 bits per heavy atom. The summed E-state index contributed by atoms with van der Waals surface area (Å²) >= 11 is 0. The normalized spacial score (nSPS) is 13.9. The van der Waals surface area contributed by atoms with Gasteiger partial charge in [-0.1, -0.05) is 6.07 Å². The summed E-state index contributed by atoms with van der Waals surface area (Å²) in [5.41, 5.74) is 1.47. The van der Waals surface area contributed by atoms with Gasteiger partial charge in [0.15, 0.2) is 17.3 Å². The van der Waals surface area contributed by atoms with Crippen molar-refractivity contribution >= 4 is 11.9 Å². The zero-order valence-corrected chi connectivity index (χ0v) is 11.5. The van der Waals surface area contributed by atoms with Crippen LogP contribution in [0.1, 0.15) is 22.3 Å². The lowest BCUT2D eigenvalue weighted by Crippen LogP contribution is -1.98. The Labute approximate surface area is 123 Å². The van der Waals surface area contributed by atoms with Crippen LogP contribution in [0.15, 0.2) is 48.8 Å². The third-order valence-corrected chi connectivity index (χ3v) is 3.14. The minimum absolute atomic E-state index is 0.0745. The van der Waals surface area contributed by atoms with Gasteiger partial charge in [0.05, 0.1) is 13.2 Å². The summed E-state index contributed by atoms with van der Waals surface area (Å²) in [6.07, 6.45) is 7.54. The zero-order valence-electron chi connectivity index (χ0n) is 11.5. The second-order valence-corrected chi connectivity index (χ2v) is 4.70. The molecular formula is C17H15NO3. The molecule has 0 saturated carbocycles. The molecule has 0 bridgehead atoms. The Morgan fingerprint density at radius 2 is 2.00 bits per heavy atom. The first kappa shape index (κ1) is 13.4. The Kier molecular flexibility index (Phi) is 3.96. The monoisotopic (exact) mass is 281 g/mol. The number of aromatic nitrogens is 1. The average molecular weight is 281 g/mol. The maximum atomic E-state index is 12.2. The fourth-order valence-electron chi connectivity index (χ4n) is 2.06. The standard InChI is InChI=1S/C17H15NO3/c19-15(6-4-13-3-1-8-18-12-13)14-5-7-16-17(11-14)21-10-2-9-20-16/h1,3-8,11-12H,2,9-10H2/b6-4-. The fraction of sp³-hybridized carbons (Fsp3) is 0.176. The summed E-state index contributed by atoms with van der Waals surface area (Å²) in [5, 5.41) is 0. The molecular weight excluding hydrogens is 266 g/mol. The number of carbonyl (C=O) groups excluding carboxylic acids is 1. The Balaban J connectivity index is 1.79. The van der Waals surface area contributed by atoms with Gasteiger partial charge < -0.3 is 9.47 Å². The maximum absolute atomic E-state index is 12.2. The summed E-state index contributed by atoms with van der Waals surface area (Å²) in [5.74, 6) is 1.25. The zero-order chi connectivity index (χ0) is 14.5. The predicted octanol–water partition coefficient (Wildman–Crippen LogP) is 3.14. The second kappa shape index (κ2) is 6.22. The van der Waals surface area contributed by atoms with Crippen molar-refractivity contribution in [1.29, 1.82) is 0 Å². The van der Waals surface area contributed by atoms with Crippen molar-refractivity contribution in [2.75, 3.05) is 13.2 Å². The molecule has 0 N–H and O–H groups in total. The molecule has 106 valence electrons. The number of ketones is 1. The van der Waals surface area contributed by atoms with Crippen molar-refractivity contribution in [1.82, 2.24) is 4.98 Å². The topological polar surface area (TPSA) is 48.4 Å². The molecule has 0 saturated heterocycles. The highest BCUT2D eigenvalue weighted by Crippen LogP contribution is 2.30. The van der Waals surface area contributed by atoms with Crippen LogP contribution in [-0.2, 0) is 0 Å². The number of rotatable bonds is 3. The lowest BCUT2D eigenvalue weighted by atomic mass is 10.1. The number of ether oxygens (including phenoxy) is 2. The van der Waals surface area contributed by atoms with E-state index in [4.69, 9.17) is 9.47 Å². The van der Waals surface area contributed by atoms with Crippen molar-refractivity contribution in [2.45, 2.75) is 6.42 Å². The molecule has 21 heavy (non-hydrogen) atoms. The molecule has 3 rings (SSSR count). The van der Waals surface area contributed by atoms with E-state index in [9.17, 15) is 4.79 Å². The van der Waals surface area contributed by atoms with E-state index >= 15 is 0 Å². The molecule has 2 aromatic rings. The number of hydrogen-bond acceptors (Lipinski definition) is 4. The molecule has 4 nitrogen and oxygen atoms in total. The fourth-order valence-corrected chi connectivity index (χ4v) is 2.06. The van der Waals surface area contributed by atoms with E-state index in [-0.39, 0.29) is 5.78 Å². The first-order valence-electron chi connectivity index (χ1n) is 6.85. The molecule has 1 aromatic heterocycles. The van der Waals surface area contributed by atoms with Gasteiger partial charge in [0.1, 0.15) is 0 Å². The van der Waals surface area contributed by atoms with Gasteiger partial charge in [-0.25, -0.2) is 0 Å². The summed E-state index contributed by atoms with van der Waals surface area (Å²) in [6.45, 7) is 1.25. The van der Waals surface area contributed by atoms with E-state index in [1.165, 1.54) is 6.08 Å². The number of nitrogens with zero attached hydrogens (tertiary/aromatic N) is 1. The van der Waals surface area contributed by atoms with Crippen LogP contribution in [0.25, 0.3) is 6.08 Å². The van der Waals surface area contributed by atoms with Crippen molar-refractivity contribution < 1.29 is 14.3 Å². The quantitative estimate of drug-likeness (QED) is 0.640. The van der Waals surface area contributed by atoms with E-state index in [2.05, 4.69) is 4.98 Å². The number of carbonyl (C=O) groups is 1. The van der Waals surface area contributed by atoms with E-state index in [1.54, 1.807) is 36.7 Å². The van der Waals surface area contributed by atoms with Crippen LogP contribution >= 0.6 is 0 Å². The highest BCUT2D eigenvalue weighted by molar-refractivity contribution is 6.07. The van der Waals surface area contributed by atoms with Crippen LogP contribution in [0, 0.1) is 0 Å². The first-order valence-corrected chi connectivity index (χ1v) is 6.85. The minimum atomic E-state index is -0.0745. The van der Waals surface area contributed by atoms with Gasteiger partial charge >= 0.3 is 0 Å². The van der Waals surface area contributed by atoms with Gasteiger partial charge in [0.25, 0.3) is 0 Å². The van der Waals surface area contributed by atoms with Crippen LogP contribution in [-0.4, -0.2) is 24.0 Å². The van der Waals surface area contributed by atoms with Gasteiger partial charge in [0, 0.05) is 24.4 Å². The van der Waals surface area contributed by atoms with Crippen molar-refractivity contribution in [3.05, 3.63) is 59.9 Å². The average Bonchev–Trinajstić information content (AvgIpc) is 2.78. The molecule has 0 spiro atoms. The number of hydrogen-bond donors (Lipinski definition) is 0. The first-order chi connectivity index (χ1) is 10.3. The van der Waals surface area contributed by atoms with Gasteiger partial charge in [0.2, 0.25) is 0 Å². The summed E-state index contributed by atoms with van der Waals surface area (Å²) in [7, 11) is 0. The van der Waals surface area contributed by atoms with E-state index in [1.807, 2.05) is 12.1 Å². The molecule has 0 unspecified atom stereocenters. The lowest BCUT2D eigenvalue weighted by Gasteiger charge is -2.07. The molecule has 2 heterocycles. The second-order valence-electron chi connectivity index (χ2n) is 4.70. The number of pyridine rings is 1. The Bertz CT molecular complexity index is 665. The van der Waals surface area contributed by atoms with Crippen molar-refractivity contribution in [3.8, 4) is 11.5 Å². The Hall–Kier alpha value is -2.62. The molecule has 1 aliphatic heterocycles. The molecule has 0 amide bonds. The number of fused-ring (bicyclic) bond motifs is 1. The summed E-state index contributed by atoms with van der Waals surface area (Å²) in [4.78, 5) is 16.2. The van der Waals surface area contributed by atoms with Crippen LogP contribution in [0.5, 0.6) is 11.5 Å². The summed E-state index contributed by atoms with van der Waals surface area (Å²) < 4.78 is 11.1. The van der Waals surface area contributed by atoms with Crippen LogP contribution < -0.4 is 9.47 Å². The third-order valence-electron chi connectivity index (χ3n) is 3.14. The van der Waals surface area contributed by atoms with Crippen molar-refractivity contribution in [3.63, 3.8) is 0 Å². The molecule has 0 radical (unpaired) electrons. The van der Waals surface area contributed by atoms with Crippen molar-refractivity contribution in [2.24, 2.45) is 0 Å². The van der Waals surface area contributed by atoms with Gasteiger partial charge in [-0.2, -0.15) is 0 Å². The molecule has 0 aliphatic carbocycles. The Morgan fingerprint density at radius 3 is 2.81 bits per heavy atom. The highest BCUT2D eigenvalue weighted by atomic mass is 16.5. The molecule has 1 aromatic carbocycles. The highest BCUT2D eigenvalue weighted by Gasteiger charge is 2.12. The van der Waals surface area contributed by atoms with Crippen LogP contribution in [0.2, 0.25) is 0 Å². The number of benzene rings is 1. The van der Waals surface area contributed by atoms with E-state index in [0.29, 0.717) is 30.3 Å². The number of allylic oxidation sites excluding steroid dienone is 1. The largest absolute Gasteiger partial charge is 0.490 e. The molecule has 0 fully saturated rings. The van der Waals surface area contributed by atoms with Gasteiger partial charge in [-0.3, -0.25) is 9.78 Å². The minimum Gasteiger partial charge on any atom is -0.490 e. The van der Waals surface area contributed by atoms with E-state index < -0.39 is 0 Å². The molecule has 1 aliphatic rings. The van der Waals surface area contributed by atoms with Gasteiger partial charge in [-0.15, -0.1) is 0 Å². The third kappa shape index (κ3) is 3.28. The summed E-state index contributed by atoms with van der Waals surface area (Å²) in [6, 6.07) is 8.99. The van der Waals surface area contributed by atoms with E-state index in [0.717, 1.165) is 12.0 Å². The van der Waals surface area contributed by atoms with Crippen LogP contribution in [0.4, 0.5) is 0 Å². The SMILES string of the molecule is O=C(/C=C\c1cccnc1)c1ccc2c(c1)OCCCO2.